The fourth-order valence-corrected chi connectivity index (χ4v) is 4.11. The van der Waals surface area contributed by atoms with E-state index in [1.54, 1.807) is 18.2 Å². The third-order valence-electron chi connectivity index (χ3n) is 4.54. The van der Waals surface area contributed by atoms with Crippen LogP contribution in [-0.2, 0) is 4.79 Å². The van der Waals surface area contributed by atoms with E-state index in [9.17, 15) is 4.79 Å². The Morgan fingerprint density at radius 2 is 2.11 bits per heavy atom. The van der Waals surface area contributed by atoms with Gasteiger partial charge in [0.1, 0.15) is 0 Å². The Hall–Kier alpha value is -0.730. The number of carbonyl (C=O) groups excluding carboxylic acids is 1. The van der Waals surface area contributed by atoms with Crippen LogP contribution in [0.25, 0.3) is 0 Å². The van der Waals surface area contributed by atoms with Crippen LogP contribution in [0.3, 0.4) is 0 Å². The van der Waals surface area contributed by atoms with Crippen molar-refractivity contribution < 1.29 is 4.79 Å². The molecule has 0 spiro atoms. The maximum Gasteiger partial charge on any atom is 0.224 e. The standard InChI is InChI=1S/C15H17Cl2NO/c16-12-3-4-14(13(17)8-12)18-15(19)7-11-6-9-1-2-10(11)5-9/h3-4,8-11H,1-2,5-7H2,(H,18,19). The fraction of sp³-hybridized carbons (Fsp3) is 0.533. The van der Waals surface area contributed by atoms with Crippen LogP contribution in [0, 0.1) is 17.8 Å². The number of carbonyl (C=O) groups is 1. The van der Waals surface area contributed by atoms with Crippen molar-refractivity contribution in [3.05, 3.63) is 28.2 Å². The normalized spacial score (nSPS) is 28.6. The van der Waals surface area contributed by atoms with E-state index in [-0.39, 0.29) is 5.91 Å². The summed E-state index contributed by atoms with van der Waals surface area (Å²) >= 11 is 11.9. The number of anilines is 1. The van der Waals surface area contributed by atoms with Crippen LogP contribution >= 0.6 is 23.2 Å². The van der Waals surface area contributed by atoms with Crippen LogP contribution in [-0.4, -0.2) is 5.91 Å². The van der Waals surface area contributed by atoms with Crippen molar-refractivity contribution in [3.63, 3.8) is 0 Å². The molecule has 1 aromatic carbocycles. The number of rotatable bonds is 3. The number of halogens is 2. The van der Waals surface area contributed by atoms with E-state index in [1.807, 2.05) is 0 Å². The summed E-state index contributed by atoms with van der Waals surface area (Å²) in [4.78, 5) is 12.1. The summed E-state index contributed by atoms with van der Waals surface area (Å²) in [5.41, 5.74) is 0.652. The molecule has 1 amide bonds. The third kappa shape index (κ3) is 2.90. The summed E-state index contributed by atoms with van der Waals surface area (Å²) in [7, 11) is 0. The van der Waals surface area contributed by atoms with Crippen molar-refractivity contribution in [2.24, 2.45) is 17.8 Å². The molecule has 2 nitrogen and oxygen atoms in total. The number of benzene rings is 1. The number of fused-ring (bicyclic) bond motifs is 2. The highest BCUT2D eigenvalue weighted by Gasteiger charge is 2.40. The van der Waals surface area contributed by atoms with E-state index >= 15 is 0 Å². The van der Waals surface area contributed by atoms with Gasteiger partial charge in [-0.15, -0.1) is 0 Å². The molecule has 2 aliphatic carbocycles. The number of hydrogen-bond donors (Lipinski definition) is 1. The zero-order valence-corrected chi connectivity index (χ0v) is 12.2. The highest BCUT2D eigenvalue weighted by Crippen LogP contribution is 2.49. The van der Waals surface area contributed by atoms with Gasteiger partial charge in [0, 0.05) is 11.4 Å². The summed E-state index contributed by atoms with van der Waals surface area (Å²) in [6.07, 6.45) is 5.86. The van der Waals surface area contributed by atoms with Crippen LogP contribution in [0.5, 0.6) is 0 Å². The lowest BCUT2D eigenvalue weighted by molar-refractivity contribution is -0.117. The molecule has 1 aromatic rings. The first-order chi connectivity index (χ1) is 9.11. The van der Waals surface area contributed by atoms with Gasteiger partial charge >= 0.3 is 0 Å². The summed E-state index contributed by atoms with van der Waals surface area (Å²) in [5, 5.41) is 3.97. The van der Waals surface area contributed by atoms with Gasteiger partial charge in [-0.3, -0.25) is 4.79 Å². The van der Waals surface area contributed by atoms with Gasteiger partial charge in [-0.05, 0) is 55.2 Å². The molecule has 3 rings (SSSR count). The Bertz CT molecular complexity index is 503. The molecular formula is C15H17Cl2NO. The Morgan fingerprint density at radius 3 is 2.74 bits per heavy atom. The minimum Gasteiger partial charge on any atom is -0.325 e. The second-order valence-corrected chi connectivity index (χ2v) is 6.66. The molecule has 3 unspecified atom stereocenters. The van der Waals surface area contributed by atoms with Crippen molar-refractivity contribution in [2.45, 2.75) is 32.1 Å². The van der Waals surface area contributed by atoms with Crippen LogP contribution in [0.4, 0.5) is 5.69 Å². The summed E-state index contributed by atoms with van der Waals surface area (Å²) in [6.45, 7) is 0. The van der Waals surface area contributed by atoms with Gasteiger partial charge in [-0.1, -0.05) is 29.6 Å². The molecular weight excluding hydrogens is 281 g/mol. The third-order valence-corrected chi connectivity index (χ3v) is 5.09. The zero-order chi connectivity index (χ0) is 13.4. The second-order valence-electron chi connectivity index (χ2n) is 5.81. The highest BCUT2D eigenvalue weighted by molar-refractivity contribution is 6.36. The summed E-state index contributed by atoms with van der Waals surface area (Å²) in [5.74, 6) is 2.30. The molecule has 2 saturated carbocycles. The maximum absolute atomic E-state index is 12.1. The zero-order valence-electron chi connectivity index (χ0n) is 10.7. The molecule has 0 saturated heterocycles. The first-order valence-electron chi connectivity index (χ1n) is 6.86. The van der Waals surface area contributed by atoms with E-state index < -0.39 is 0 Å². The minimum absolute atomic E-state index is 0.0711. The predicted molar refractivity (Wildman–Crippen MR) is 78.6 cm³/mol. The van der Waals surface area contributed by atoms with Gasteiger partial charge in [0.05, 0.1) is 10.7 Å². The molecule has 0 aromatic heterocycles. The van der Waals surface area contributed by atoms with Crippen LogP contribution in [0.1, 0.15) is 32.1 Å². The average Bonchev–Trinajstić information content (AvgIpc) is 2.95. The van der Waals surface area contributed by atoms with Gasteiger partial charge in [0.2, 0.25) is 5.91 Å². The monoisotopic (exact) mass is 297 g/mol. The molecule has 2 aliphatic rings. The molecule has 4 heteroatoms. The molecule has 1 N–H and O–H groups in total. The molecule has 2 bridgehead atoms. The van der Waals surface area contributed by atoms with Crippen molar-refractivity contribution in [2.75, 3.05) is 5.32 Å². The van der Waals surface area contributed by atoms with Crippen LogP contribution in [0.2, 0.25) is 10.0 Å². The molecule has 0 heterocycles. The molecule has 0 aliphatic heterocycles. The molecule has 3 atom stereocenters. The molecule has 0 radical (unpaired) electrons. The Kier molecular flexibility index (Phi) is 3.72. The topological polar surface area (TPSA) is 29.1 Å². The van der Waals surface area contributed by atoms with Crippen molar-refractivity contribution in [3.8, 4) is 0 Å². The van der Waals surface area contributed by atoms with Crippen molar-refractivity contribution >= 4 is 34.8 Å². The lowest BCUT2D eigenvalue weighted by atomic mass is 9.86. The predicted octanol–water partition coefficient (Wildman–Crippen LogP) is 4.76. The lowest BCUT2D eigenvalue weighted by Gasteiger charge is -2.21. The van der Waals surface area contributed by atoms with Crippen LogP contribution < -0.4 is 5.32 Å². The average molecular weight is 298 g/mol. The van der Waals surface area contributed by atoms with E-state index in [1.165, 1.54) is 25.7 Å². The first-order valence-corrected chi connectivity index (χ1v) is 7.62. The smallest absolute Gasteiger partial charge is 0.224 e. The Labute approximate surface area is 123 Å². The van der Waals surface area contributed by atoms with Crippen LogP contribution in [0.15, 0.2) is 18.2 Å². The van der Waals surface area contributed by atoms with Crippen molar-refractivity contribution in [1.29, 1.82) is 0 Å². The highest BCUT2D eigenvalue weighted by atomic mass is 35.5. The number of hydrogen-bond acceptors (Lipinski definition) is 1. The van der Waals surface area contributed by atoms with Gasteiger partial charge in [0.15, 0.2) is 0 Å². The minimum atomic E-state index is 0.0711. The van der Waals surface area contributed by atoms with Gasteiger partial charge < -0.3 is 5.32 Å². The molecule has 102 valence electrons. The molecule has 19 heavy (non-hydrogen) atoms. The van der Waals surface area contributed by atoms with E-state index in [2.05, 4.69) is 5.32 Å². The quantitative estimate of drug-likeness (QED) is 0.856. The van der Waals surface area contributed by atoms with E-state index in [0.717, 1.165) is 11.8 Å². The summed E-state index contributed by atoms with van der Waals surface area (Å²) in [6, 6.07) is 5.14. The number of amides is 1. The second kappa shape index (κ2) is 5.34. The number of nitrogens with one attached hydrogen (secondary N) is 1. The Morgan fingerprint density at radius 1 is 1.26 bits per heavy atom. The fourth-order valence-electron chi connectivity index (χ4n) is 3.66. The van der Waals surface area contributed by atoms with Gasteiger partial charge in [-0.25, -0.2) is 0 Å². The van der Waals surface area contributed by atoms with Gasteiger partial charge in [-0.2, -0.15) is 0 Å². The van der Waals surface area contributed by atoms with Crippen molar-refractivity contribution in [1.82, 2.24) is 0 Å². The maximum atomic E-state index is 12.1. The van der Waals surface area contributed by atoms with E-state index in [4.69, 9.17) is 23.2 Å². The lowest BCUT2D eigenvalue weighted by Crippen LogP contribution is -2.20. The van der Waals surface area contributed by atoms with E-state index in [0.29, 0.717) is 28.1 Å². The summed E-state index contributed by atoms with van der Waals surface area (Å²) < 4.78 is 0. The molecule has 2 fully saturated rings. The largest absolute Gasteiger partial charge is 0.325 e. The first kappa shape index (κ1) is 13.3. The SMILES string of the molecule is O=C(CC1CC2CCC1C2)Nc1ccc(Cl)cc1Cl. The Balaban J connectivity index is 1.59. The van der Waals surface area contributed by atoms with Gasteiger partial charge in [0.25, 0.3) is 0 Å².